The first-order valence-corrected chi connectivity index (χ1v) is 8.38. The highest BCUT2D eigenvalue weighted by atomic mass is 16.2. The van der Waals surface area contributed by atoms with Gasteiger partial charge in [-0.2, -0.15) is 5.26 Å². The molecule has 3 rings (SSSR count). The van der Waals surface area contributed by atoms with E-state index >= 15 is 0 Å². The molecule has 2 amide bonds. The van der Waals surface area contributed by atoms with E-state index in [1.54, 1.807) is 0 Å². The van der Waals surface area contributed by atoms with Crippen molar-refractivity contribution < 1.29 is 9.59 Å². The Bertz CT molecular complexity index is 489. The predicted octanol–water partition coefficient (Wildman–Crippen LogP) is 0.397. The first kappa shape index (κ1) is 15.3. The Labute approximate surface area is 131 Å². The van der Waals surface area contributed by atoms with Crippen LogP contribution >= 0.6 is 0 Å². The molecule has 0 aromatic carbocycles. The van der Waals surface area contributed by atoms with Crippen LogP contribution < -0.4 is 10.6 Å². The first-order chi connectivity index (χ1) is 10.7. The Morgan fingerprint density at radius 2 is 1.77 bits per heavy atom. The Hall–Kier alpha value is -1.61. The van der Waals surface area contributed by atoms with Crippen molar-refractivity contribution in [3.63, 3.8) is 0 Å². The summed E-state index contributed by atoms with van der Waals surface area (Å²) in [6.07, 6.45) is 5.02. The summed E-state index contributed by atoms with van der Waals surface area (Å²) in [5, 5.41) is 15.3. The van der Waals surface area contributed by atoms with E-state index in [0.29, 0.717) is 0 Å². The monoisotopic (exact) mass is 304 g/mol. The molecule has 0 spiro atoms. The minimum Gasteiger partial charge on any atom is -0.340 e. The van der Waals surface area contributed by atoms with E-state index in [9.17, 15) is 9.59 Å². The summed E-state index contributed by atoms with van der Waals surface area (Å²) in [7, 11) is 0. The van der Waals surface area contributed by atoms with E-state index in [4.69, 9.17) is 5.26 Å². The fraction of sp³-hybridized carbons (Fsp3) is 0.812. The van der Waals surface area contributed by atoms with Crippen molar-refractivity contribution in [2.75, 3.05) is 26.2 Å². The number of nitrogens with zero attached hydrogens (tertiary/aromatic N) is 2. The van der Waals surface area contributed by atoms with E-state index < -0.39 is 5.54 Å². The topological polar surface area (TPSA) is 85.2 Å². The van der Waals surface area contributed by atoms with Crippen LogP contribution in [0, 0.1) is 23.2 Å². The number of amides is 2. The van der Waals surface area contributed by atoms with Crippen molar-refractivity contribution in [2.45, 2.75) is 44.1 Å². The quantitative estimate of drug-likeness (QED) is 0.790. The van der Waals surface area contributed by atoms with E-state index in [0.717, 1.165) is 64.7 Å². The molecule has 1 aliphatic heterocycles. The highest BCUT2D eigenvalue weighted by Crippen LogP contribution is 2.37. The van der Waals surface area contributed by atoms with Crippen LogP contribution in [-0.4, -0.2) is 48.4 Å². The molecule has 120 valence electrons. The second kappa shape index (κ2) is 6.25. The van der Waals surface area contributed by atoms with Crippen molar-refractivity contribution in [3.05, 3.63) is 0 Å². The molecular weight excluding hydrogens is 280 g/mol. The van der Waals surface area contributed by atoms with Crippen LogP contribution in [0.5, 0.6) is 0 Å². The summed E-state index contributed by atoms with van der Waals surface area (Å²) >= 11 is 0. The highest BCUT2D eigenvalue weighted by Gasteiger charge is 2.47. The molecule has 2 N–H and O–H groups in total. The largest absolute Gasteiger partial charge is 0.340 e. The normalized spacial score (nSPS) is 30.2. The average molecular weight is 304 g/mol. The second-order valence-electron chi connectivity index (χ2n) is 6.76. The van der Waals surface area contributed by atoms with Crippen molar-refractivity contribution in [3.8, 4) is 6.07 Å². The fourth-order valence-corrected chi connectivity index (χ4v) is 3.58. The van der Waals surface area contributed by atoms with Crippen LogP contribution in [0.1, 0.15) is 38.5 Å². The molecule has 0 radical (unpaired) electrons. The molecular formula is C16H24N4O2. The van der Waals surface area contributed by atoms with Crippen LogP contribution in [0.15, 0.2) is 0 Å². The van der Waals surface area contributed by atoms with E-state index in [1.807, 2.05) is 4.90 Å². The molecule has 2 saturated carbocycles. The van der Waals surface area contributed by atoms with Gasteiger partial charge in [0, 0.05) is 38.0 Å². The SMILES string of the molecule is N#CC1(NC(=O)[C@@H]2CCCC[C@H]2C(=O)N2CCNCC2)CC1. The zero-order valence-corrected chi connectivity index (χ0v) is 12.9. The molecule has 1 saturated heterocycles. The molecule has 1 heterocycles. The minimum absolute atomic E-state index is 0.0905. The van der Waals surface area contributed by atoms with Crippen LogP contribution in [-0.2, 0) is 9.59 Å². The fourth-order valence-electron chi connectivity index (χ4n) is 3.58. The summed E-state index contributed by atoms with van der Waals surface area (Å²) in [6.45, 7) is 3.11. The van der Waals surface area contributed by atoms with Gasteiger partial charge in [0.2, 0.25) is 11.8 Å². The number of carbonyl (C=O) groups excluding carboxylic acids is 2. The molecule has 6 nitrogen and oxygen atoms in total. The lowest BCUT2D eigenvalue weighted by atomic mass is 9.77. The Kier molecular flexibility index (Phi) is 4.34. The maximum Gasteiger partial charge on any atom is 0.226 e. The van der Waals surface area contributed by atoms with E-state index in [1.165, 1.54) is 0 Å². The predicted molar refractivity (Wildman–Crippen MR) is 80.6 cm³/mol. The van der Waals surface area contributed by atoms with Crippen molar-refractivity contribution >= 4 is 11.8 Å². The molecule has 3 fully saturated rings. The number of hydrogen-bond donors (Lipinski definition) is 2. The number of piperazine rings is 1. The zero-order chi connectivity index (χ0) is 15.6. The standard InChI is InChI=1S/C16H24N4O2/c17-11-16(5-6-16)19-14(21)12-3-1-2-4-13(12)15(22)20-9-7-18-8-10-20/h12-13,18H,1-10H2,(H,19,21)/t12-,13-/m1/s1. The number of nitriles is 1. The van der Waals surface area contributed by atoms with Crippen LogP contribution in [0.3, 0.4) is 0 Å². The summed E-state index contributed by atoms with van der Waals surface area (Å²) < 4.78 is 0. The molecule has 0 aromatic heterocycles. The molecule has 2 aliphatic carbocycles. The summed E-state index contributed by atoms with van der Waals surface area (Å²) in [5.74, 6) is -0.432. The molecule has 22 heavy (non-hydrogen) atoms. The van der Waals surface area contributed by atoms with Gasteiger partial charge in [-0.3, -0.25) is 9.59 Å². The van der Waals surface area contributed by atoms with Crippen LogP contribution in [0.2, 0.25) is 0 Å². The average Bonchev–Trinajstić information content (AvgIpc) is 3.35. The lowest BCUT2D eigenvalue weighted by Crippen LogP contribution is -2.52. The summed E-state index contributed by atoms with van der Waals surface area (Å²) in [5.41, 5.74) is -0.642. The van der Waals surface area contributed by atoms with Gasteiger partial charge < -0.3 is 15.5 Å². The van der Waals surface area contributed by atoms with Gasteiger partial charge >= 0.3 is 0 Å². The summed E-state index contributed by atoms with van der Waals surface area (Å²) in [6, 6.07) is 2.19. The van der Waals surface area contributed by atoms with Gasteiger partial charge in [-0.1, -0.05) is 12.8 Å². The third-order valence-electron chi connectivity index (χ3n) is 5.18. The van der Waals surface area contributed by atoms with Gasteiger partial charge in [-0.15, -0.1) is 0 Å². The lowest BCUT2D eigenvalue weighted by molar-refractivity contribution is -0.144. The zero-order valence-electron chi connectivity index (χ0n) is 12.9. The maximum absolute atomic E-state index is 12.8. The Morgan fingerprint density at radius 3 is 2.36 bits per heavy atom. The van der Waals surface area contributed by atoms with Gasteiger partial charge in [0.25, 0.3) is 0 Å². The van der Waals surface area contributed by atoms with Crippen LogP contribution in [0.25, 0.3) is 0 Å². The third-order valence-corrected chi connectivity index (χ3v) is 5.18. The number of carbonyl (C=O) groups is 2. The van der Waals surface area contributed by atoms with Crippen LogP contribution in [0.4, 0.5) is 0 Å². The molecule has 6 heteroatoms. The van der Waals surface area contributed by atoms with E-state index in [-0.39, 0.29) is 23.7 Å². The molecule has 3 aliphatic rings. The van der Waals surface area contributed by atoms with Gasteiger partial charge in [0.15, 0.2) is 0 Å². The minimum atomic E-state index is -0.642. The van der Waals surface area contributed by atoms with Gasteiger partial charge in [-0.05, 0) is 25.7 Å². The molecule has 0 bridgehead atoms. The Balaban J connectivity index is 1.66. The van der Waals surface area contributed by atoms with Crippen molar-refractivity contribution in [2.24, 2.45) is 11.8 Å². The molecule has 2 atom stereocenters. The number of nitrogens with one attached hydrogen (secondary N) is 2. The van der Waals surface area contributed by atoms with Gasteiger partial charge in [0.05, 0.1) is 6.07 Å². The smallest absolute Gasteiger partial charge is 0.226 e. The Morgan fingerprint density at radius 1 is 1.14 bits per heavy atom. The first-order valence-electron chi connectivity index (χ1n) is 8.38. The van der Waals surface area contributed by atoms with Gasteiger partial charge in [0.1, 0.15) is 5.54 Å². The lowest BCUT2D eigenvalue weighted by Gasteiger charge is -2.36. The molecule has 0 unspecified atom stereocenters. The highest BCUT2D eigenvalue weighted by molar-refractivity contribution is 5.88. The van der Waals surface area contributed by atoms with E-state index in [2.05, 4.69) is 16.7 Å². The molecule has 0 aromatic rings. The summed E-state index contributed by atoms with van der Waals surface area (Å²) in [4.78, 5) is 27.2. The van der Waals surface area contributed by atoms with Crippen molar-refractivity contribution in [1.82, 2.24) is 15.5 Å². The number of rotatable bonds is 3. The number of hydrogen-bond acceptors (Lipinski definition) is 4. The third kappa shape index (κ3) is 3.09. The van der Waals surface area contributed by atoms with Crippen molar-refractivity contribution in [1.29, 1.82) is 5.26 Å². The second-order valence-corrected chi connectivity index (χ2v) is 6.76. The van der Waals surface area contributed by atoms with Gasteiger partial charge in [-0.25, -0.2) is 0 Å². The maximum atomic E-state index is 12.8.